The number of aliphatic hydroxyl groups is 11. The number of hydrogen-bond acceptors (Lipinski definition) is 18. The lowest BCUT2D eigenvalue weighted by molar-refractivity contribution is -0.379. The van der Waals surface area contributed by atoms with Gasteiger partial charge in [-0.1, -0.05) is 278 Å². The summed E-state index contributed by atoms with van der Waals surface area (Å²) in [5.41, 5.74) is 0. The van der Waals surface area contributed by atoms with Crippen LogP contribution in [0.2, 0.25) is 0 Å². The van der Waals surface area contributed by atoms with Gasteiger partial charge in [-0.15, -0.1) is 0 Å². The van der Waals surface area contributed by atoms with Gasteiger partial charge in [0.2, 0.25) is 5.91 Å². The lowest BCUT2D eigenvalue weighted by Gasteiger charge is -2.48. The number of allylic oxidation sites excluding steroid dienone is 15. The molecule has 3 aliphatic heterocycles. The minimum Gasteiger partial charge on any atom is -0.394 e. The summed E-state index contributed by atoms with van der Waals surface area (Å²) in [4.78, 5) is 13.5. The van der Waals surface area contributed by atoms with E-state index in [1.54, 1.807) is 6.08 Å². The Labute approximate surface area is 603 Å². The van der Waals surface area contributed by atoms with E-state index in [4.69, 9.17) is 28.4 Å². The molecule has 0 aromatic heterocycles. The molecule has 17 atom stereocenters. The van der Waals surface area contributed by atoms with Gasteiger partial charge in [0, 0.05) is 6.42 Å². The second-order valence-electron chi connectivity index (χ2n) is 27.8. The van der Waals surface area contributed by atoms with Crippen molar-refractivity contribution in [2.24, 2.45) is 0 Å². The van der Waals surface area contributed by atoms with Crippen LogP contribution in [-0.2, 0) is 33.2 Å². The van der Waals surface area contributed by atoms with Crippen LogP contribution in [0.5, 0.6) is 0 Å². The van der Waals surface area contributed by atoms with Crippen LogP contribution in [0.15, 0.2) is 97.2 Å². The second kappa shape index (κ2) is 60.9. The van der Waals surface area contributed by atoms with Crippen molar-refractivity contribution in [1.29, 1.82) is 0 Å². The predicted octanol–water partition coefficient (Wildman–Crippen LogP) is 12.8. The van der Waals surface area contributed by atoms with Crippen molar-refractivity contribution in [3.05, 3.63) is 97.2 Å². The highest BCUT2D eigenvalue weighted by molar-refractivity contribution is 5.76. The van der Waals surface area contributed by atoms with E-state index in [2.05, 4.69) is 104 Å². The maximum atomic E-state index is 13.5. The number of carbonyl (C=O) groups is 1. The van der Waals surface area contributed by atoms with Gasteiger partial charge in [0.25, 0.3) is 0 Å². The molecule has 0 saturated carbocycles. The minimum atomic E-state index is -1.99. The third-order valence-corrected chi connectivity index (χ3v) is 19.1. The molecule has 0 spiro atoms. The monoisotopic (exact) mass is 1420 g/mol. The number of rotatable bonds is 61. The lowest BCUT2D eigenvalue weighted by atomic mass is 9.96. The first kappa shape index (κ1) is 90.9. The summed E-state index contributed by atoms with van der Waals surface area (Å²) in [5, 5.41) is 121. The van der Waals surface area contributed by atoms with Crippen LogP contribution in [0.3, 0.4) is 0 Å². The van der Waals surface area contributed by atoms with Gasteiger partial charge in [0.15, 0.2) is 18.9 Å². The highest BCUT2D eigenvalue weighted by atomic mass is 16.8. The molecule has 0 radical (unpaired) electrons. The number of carbonyl (C=O) groups excluding carboxylic acids is 1. The van der Waals surface area contributed by atoms with Crippen molar-refractivity contribution in [3.63, 3.8) is 0 Å². The third-order valence-electron chi connectivity index (χ3n) is 19.1. The first-order valence-corrected chi connectivity index (χ1v) is 39.5. The fraction of sp³-hybridized carbons (Fsp3) is 0.790. The Hall–Kier alpha value is -3.29. The second-order valence-corrected chi connectivity index (χ2v) is 27.8. The summed E-state index contributed by atoms with van der Waals surface area (Å²) in [6.45, 7) is 1.61. The Balaban J connectivity index is 1.41. The molecule has 0 bridgehead atoms. The molecule has 17 unspecified atom stereocenters. The van der Waals surface area contributed by atoms with Gasteiger partial charge in [0.05, 0.1) is 38.6 Å². The molecule has 12 N–H and O–H groups in total. The number of amides is 1. The smallest absolute Gasteiger partial charge is 0.220 e. The molecule has 19 nitrogen and oxygen atoms in total. The van der Waals surface area contributed by atoms with Crippen LogP contribution in [0.25, 0.3) is 0 Å². The SMILES string of the molecule is CC/C=C\C/C=C\C/C=C\C/C=C\C/C=C\CCCCCCCCCCCCCCCC(=O)NC(COC1OC(CO)C(OC2OC(CO)C(OC3OC(CO)C(O)C(O)C3O)C(O)C2O)C(O)C1O)C(O)/C=C/CC/C=C/CC/C=C/CCCCCCCCCCCCCCCCCC. The Morgan fingerprint density at radius 2 is 0.700 bits per heavy atom. The van der Waals surface area contributed by atoms with Crippen molar-refractivity contribution < 1.29 is 89.4 Å². The zero-order valence-corrected chi connectivity index (χ0v) is 61.6. The zero-order valence-electron chi connectivity index (χ0n) is 61.6. The summed E-state index contributed by atoms with van der Waals surface area (Å²) in [6, 6.07) is -1.00. The molecule has 3 aliphatic rings. The lowest BCUT2D eigenvalue weighted by Crippen LogP contribution is -2.66. The van der Waals surface area contributed by atoms with Gasteiger partial charge in [-0.2, -0.15) is 0 Å². The van der Waals surface area contributed by atoms with Gasteiger partial charge < -0.3 is 89.9 Å². The van der Waals surface area contributed by atoms with Crippen LogP contribution < -0.4 is 5.32 Å². The first-order valence-electron chi connectivity index (χ1n) is 39.5. The van der Waals surface area contributed by atoms with Crippen molar-refractivity contribution >= 4 is 5.91 Å². The average Bonchev–Trinajstić information content (AvgIpc) is 0.783. The van der Waals surface area contributed by atoms with Gasteiger partial charge >= 0.3 is 0 Å². The normalized spacial score (nSPS) is 27.0. The fourth-order valence-corrected chi connectivity index (χ4v) is 12.8. The Morgan fingerprint density at radius 3 is 1.12 bits per heavy atom. The number of aliphatic hydroxyl groups excluding tert-OH is 11. The Kier molecular flexibility index (Phi) is 55.4. The topological polar surface area (TPSA) is 307 Å². The molecule has 3 rings (SSSR count). The molecule has 0 aromatic rings. The predicted molar refractivity (Wildman–Crippen MR) is 397 cm³/mol. The maximum Gasteiger partial charge on any atom is 0.220 e. The van der Waals surface area contributed by atoms with Crippen molar-refractivity contribution in [2.75, 3.05) is 26.4 Å². The van der Waals surface area contributed by atoms with E-state index >= 15 is 0 Å². The van der Waals surface area contributed by atoms with E-state index < -0.39 is 124 Å². The van der Waals surface area contributed by atoms with E-state index in [1.807, 2.05) is 6.08 Å². The highest BCUT2D eigenvalue weighted by Gasteiger charge is 2.53. The molecule has 3 saturated heterocycles. The summed E-state index contributed by atoms with van der Waals surface area (Å²) in [7, 11) is 0. The molecule has 0 aliphatic carbocycles. The number of unbranched alkanes of at least 4 members (excludes halogenated alkanes) is 31. The molecule has 19 heteroatoms. The van der Waals surface area contributed by atoms with E-state index in [9.17, 15) is 61.0 Å². The Bertz CT molecular complexity index is 2190. The van der Waals surface area contributed by atoms with Crippen LogP contribution in [-0.4, -0.2) is 193 Å². The average molecular weight is 1420 g/mol. The molecule has 100 heavy (non-hydrogen) atoms. The van der Waals surface area contributed by atoms with Crippen LogP contribution in [0.1, 0.15) is 277 Å². The van der Waals surface area contributed by atoms with Gasteiger partial charge in [-0.05, 0) is 89.9 Å². The first-order chi connectivity index (χ1) is 48.8. The maximum absolute atomic E-state index is 13.5. The molecule has 0 aromatic carbocycles. The standard InChI is InChI=1S/C81H141NO18/c1-3-5-7-9-11-13-15-17-19-21-23-25-27-29-31-32-33-35-37-39-41-43-45-47-49-51-53-55-57-59-69(87)82-64(65(86)58-56-54-52-50-48-46-44-42-40-38-36-34-30-28-26-24-22-20-18-16-14-12-10-8-6-4-2)63-95-79-75(93)72(90)77(67(61-84)97-79)100-81-76(94)73(91)78(68(62-85)98-81)99-80-74(92)71(89)70(88)66(60-83)96-80/h5,7,11,13,17,19,23,25,29,31,40,42,48,50,56,58,64-68,70-81,83-86,88-94H,3-4,6,8-10,12,14-16,18,20-22,24,26-28,30,32-39,41,43-47,49,51-55,57,59-63H2,1-2H3,(H,82,87)/b7-5-,13-11-,19-17-,25-23-,31-29-,42-40+,50-48+,58-56+. The van der Waals surface area contributed by atoms with Gasteiger partial charge in [-0.3, -0.25) is 4.79 Å². The molecular weight excluding hydrogens is 1270 g/mol. The third kappa shape index (κ3) is 40.8. The van der Waals surface area contributed by atoms with E-state index in [-0.39, 0.29) is 18.9 Å². The zero-order chi connectivity index (χ0) is 72.5. The molecule has 578 valence electrons. The number of hydrogen-bond donors (Lipinski definition) is 12. The van der Waals surface area contributed by atoms with E-state index in [1.165, 1.54) is 154 Å². The molecule has 1 amide bonds. The van der Waals surface area contributed by atoms with Gasteiger partial charge in [0.1, 0.15) is 73.2 Å². The van der Waals surface area contributed by atoms with E-state index in [0.29, 0.717) is 12.8 Å². The number of nitrogens with one attached hydrogen (secondary N) is 1. The largest absolute Gasteiger partial charge is 0.394 e. The number of ether oxygens (including phenoxy) is 6. The van der Waals surface area contributed by atoms with Crippen LogP contribution in [0.4, 0.5) is 0 Å². The molecule has 3 fully saturated rings. The fourth-order valence-electron chi connectivity index (χ4n) is 12.8. The Morgan fingerprint density at radius 1 is 0.370 bits per heavy atom. The van der Waals surface area contributed by atoms with Gasteiger partial charge in [-0.25, -0.2) is 0 Å². The summed E-state index contributed by atoms with van der Waals surface area (Å²) in [6.07, 6.45) is 55.3. The van der Waals surface area contributed by atoms with E-state index in [0.717, 1.165) is 89.9 Å². The quantitative estimate of drug-likeness (QED) is 0.0199. The summed E-state index contributed by atoms with van der Waals surface area (Å²) in [5.74, 6) is -0.292. The molecular formula is C81H141NO18. The molecule has 3 heterocycles. The van der Waals surface area contributed by atoms with Crippen molar-refractivity contribution in [3.8, 4) is 0 Å². The summed E-state index contributed by atoms with van der Waals surface area (Å²) >= 11 is 0. The van der Waals surface area contributed by atoms with Crippen LogP contribution in [0, 0.1) is 0 Å². The summed E-state index contributed by atoms with van der Waals surface area (Å²) < 4.78 is 34.4. The van der Waals surface area contributed by atoms with Crippen LogP contribution >= 0.6 is 0 Å². The highest BCUT2D eigenvalue weighted by Crippen LogP contribution is 2.33. The van der Waals surface area contributed by atoms with Crippen molar-refractivity contribution in [2.45, 2.75) is 381 Å². The van der Waals surface area contributed by atoms with Crippen molar-refractivity contribution in [1.82, 2.24) is 5.32 Å². The minimum absolute atomic E-state index is 0.225.